The lowest BCUT2D eigenvalue weighted by molar-refractivity contribution is 0.443. The molecule has 0 unspecified atom stereocenters. The Hall–Kier alpha value is -0.410. The number of hydrogen-bond acceptors (Lipinski definition) is 2. The Morgan fingerprint density at radius 1 is 1.42 bits per heavy atom. The SMILES string of the molecule is CNC(C)(C)c1cncc(Br)c1. The topological polar surface area (TPSA) is 24.9 Å². The van der Waals surface area contributed by atoms with E-state index < -0.39 is 0 Å². The molecule has 0 aliphatic carbocycles. The molecule has 0 atom stereocenters. The Labute approximate surface area is 81.5 Å². The molecule has 1 rings (SSSR count). The second kappa shape index (κ2) is 3.54. The van der Waals surface area contributed by atoms with Crippen LogP contribution in [0.25, 0.3) is 0 Å². The maximum Gasteiger partial charge on any atom is 0.0410 e. The molecule has 1 aromatic heterocycles. The van der Waals surface area contributed by atoms with Gasteiger partial charge in [0.25, 0.3) is 0 Å². The average Bonchev–Trinajstić information content (AvgIpc) is 2.05. The monoisotopic (exact) mass is 228 g/mol. The van der Waals surface area contributed by atoms with Crippen LogP contribution >= 0.6 is 15.9 Å². The molecule has 66 valence electrons. The molecule has 0 spiro atoms. The normalized spacial score (nSPS) is 11.7. The van der Waals surface area contributed by atoms with Crippen molar-refractivity contribution in [1.82, 2.24) is 10.3 Å². The van der Waals surface area contributed by atoms with Crippen LogP contribution in [0.4, 0.5) is 0 Å². The fourth-order valence-electron chi connectivity index (χ4n) is 0.898. The van der Waals surface area contributed by atoms with E-state index in [9.17, 15) is 0 Å². The summed E-state index contributed by atoms with van der Waals surface area (Å²) in [4.78, 5) is 4.11. The third-order valence-corrected chi connectivity index (χ3v) is 2.49. The van der Waals surface area contributed by atoms with Crippen molar-refractivity contribution in [3.05, 3.63) is 28.5 Å². The third kappa shape index (κ3) is 2.05. The summed E-state index contributed by atoms with van der Waals surface area (Å²) >= 11 is 3.39. The van der Waals surface area contributed by atoms with E-state index >= 15 is 0 Å². The van der Waals surface area contributed by atoms with E-state index in [1.165, 1.54) is 5.56 Å². The van der Waals surface area contributed by atoms with E-state index in [1.54, 1.807) is 6.20 Å². The Morgan fingerprint density at radius 2 is 2.08 bits per heavy atom. The molecule has 0 amide bonds. The fraction of sp³-hybridized carbons (Fsp3) is 0.444. The molecule has 0 aliphatic heterocycles. The van der Waals surface area contributed by atoms with Crippen molar-refractivity contribution in [3.8, 4) is 0 Å². The molecule has 1 aromatic rings. The summed E-state index contributed by atoms with van der Waals surface area (Å²) in [5.41, 5.74) is 1.16. The number of halogens is 1. The van der Waals surface area contributed by atoms with Gasteiger partial charge < -0.3 is 5.32 Å². The lowest BCUT2D eigenvalue weighted by Crippen LogP contribution is -2.33. The van der Waals surface area contributed by atoms with E-state index in [2.05, 4.69) is 46.1 Å². The lowest BCUT2D eigenvalue weighted by atomic mass is 9.97. The Bertz CT molecular complexity index is 271. The molecule has 0 bridgehead atoms. The molecule has 0 aliphatic rings. The highest BCUT2D eigenvalue weighted by Crippen LogP contribution is 2.21. The van der Waals surface area contributed by atoms with Crippen LogP contribution < -0.4 is 5.32 Å². The van der Waals surface area contributed by atoms with Crippen LogP contribution in [0, 0.1) is 0 Å². The molecule has 1 heterocycles. The molecular formula is C9H13BrN2. The molecule has 0 radical (unpaired) electrons. The summed E-state index contributed by atoms with van der Waals surface area (Å²) in [5, 5.41) is 3.22. The van der Waals surface area contributed by atoms with E-state index in [0.29, 0.717) is 0 Å². The van der Waals surface area contributed by atoms with E-state index in [4.69, 9.17) is 0 Å². The Morgan fingerprint density at radius 3 is 2.58 bits per heavy atom. The van der Waals surface area contributed by atoms with Gasteiger partial charge >= 0.3 is 0 Å². The van der Waals surface area contributed by atoms with E-state index in [1.807, 2.05) is 13.2 Å². The van der Waals surface area contributed by atoms with Crippen molar-refractivity contribution in [1.29, 1.82) is 0 Å². The van der Waals surface area contributed by atoms with Crippen LogP contribution in [-0.4, -0.2) is 12.0 Å². The average molecular weight is 229 g/mol. The zero-order chi connectivity index (χ0) is 9.19. The first-order chi connectivity index (χ1) is 5.56. The second-order valence-corrected chi connectivity index (χ2v) is 4.18. The van der Waals surface area contributed by atoms with Gasteiger partial charge in [0, 0.05) is 22.4 Å². The number of hydrogen-bond donors (Lipinski definition) is 1. The van der Waals surface area contributed by atoms with Crippen molar-refractivity contribution >= 4 is 15.9 Å². The van der Waals surface area contributed by atoms with Gasteiger partial charge in [0.05, 0.1) is 0 Å². The fourth-order valence-corrected chi connectivity index (χ4v) is 1.26. The zero-order valence-electron chi connectivity index (χ0n) is 7.56. The Kier molecular flexibility index (Phi) is 2.85. The Balaban J connectivity index is 3.03. The predicted octanol–water partition coefficient (Wildman–Crippen LogP) is 2.30. The number of rotatable bonds is 2. The summed E-state index contributed by atoms with van der Waals surface area (Å²) in [6.45, 7) is 4.24. The number of nitrogens with one attached hydrogen (secondary N) is 1. The minimum atomic E-state index is -0.0171. The third-order valence-electron chi connectivity index (χ3n) is 2.05. The van der Waals surface area contributed by atoms with Gasteiger partial charge in [-0.1, -0.05) is 0 Å². The highest BCUT2D eigenvalue weighted by atomic mass is 79.9. The largest absolute Gasteiger partial charge is 0.311 e. The van der Waals surface area contributed by atoms with Gasteiger partial charge in [-0.2, -0.15) is 0 Å². The van der Waals surface area contributed by atoms with Gasteiger partial charge in [0.15, 0.2) is 0 Å². The maximum atomic E-state index is 4.11. The van der Waals surface area contributed by atoms with Crippen molar-refractivity contribution < 1.29 is 0 Å². The molecule has 3 heteroatoms. The minimum absolute atomic E-state index is 0.0171. The van der Waals surface area contributed by atoms with Crippen molar-refractivity contribution in [3.63, 3.8) is 0 Å². The highest BCUT2D eigenvalue weighted by molar-refractivity contribution is 9.10. The minimum Gasteiger partial charge on any atom is -0.311 e. The molecule has 1 N–H and O–H groups in total. The van der Waals surface area contributed by atoms with Gasteiger partial charge in [-0.3, -0.25) is 4.98 Å². The van der Waals surface area contributed by atoms with Gasteiger partial charge in [-0.15, -0.1) is 0 Å². The van der Waals surface area contributed by atoms with Gasteiger partial charge in [0.2, 0.25) is 0 Å². The highest BCUT2D eigenvalue weighted by Gasteiger charge is 2.17. The molecule has 0 fully saturated rings. The first-order valence-electron chi connectivity index (χ1n) is 3.86. The summed E-state index contributed by atoms with van der Waals surface area (Å²) in [7, 11) is 1.95. The first kappa shape index (κ1) is 9.68. The van der Waals surface area contributed by atoms with Crippen LogP contribution in [-0.2, 0) is 5.54 Å². The smallest absolute Gasteiger partial charge is 0.0410 e. The summed E-state index contributed by atoms with van der Waals surface area (Å²) in [6, 6.07) is 2.07. The standard InChI is InChI=1S/C9H13BrN2/c1-9(2,11-3)7-4-8(10)6-12-5-7/h4-6,11H,1-3H3. The van der Waals surface area contributed by atoms with Gasteiger partial charge in [-0.05, 0) is 48.5 Å². The molecule has 12 heavy (non-hydrogen) atoms. The van der Waals surface area contributed by atoms with Gasteiger partial charge in [0.1, 0.15) is 0 Å². The quantitative estimate of drug-likeness (QED) is 0.841. The van der Waals surface area contributed by atoms with Crippen molar-refractivity contribution in [2.24, 2.45) is 0 Å². The summed E-state index contributed by atoms with van der Waals surface area (Å²) in [5.74, 6) is 0. The molecular weight excluding hydrogens is 216 g/mol. The molecule has 0 aromatic carbocycles. The molecule has 0 saturated heterocycles. The second-order valence-electron chi connectivity index (χ2n) is 3.27. The van der Waals surface area contributed by atoms with Crippen molar-refractivity contribution in [2.75, 3.05) is 7.05 Å². The summed E-state index contributed by atoms with van der Waals surface area (Å²) < 4.78 is 1.02. The molecule has 0 saturated carbocycles. The molecule has 2 nitrogen and oxygen atoms in total. The van der Waals surface area contributed by atoms with Gasteiger partial charge in [-0.25, -0.2) is 0 Å². The first-order valence-corrected chi connectivity index (χ1v) is 4.65. The van der Waals surface area contributed by atoms with E-state index in [-0.39, 0.29) is 5.54 Å². The van der Waals surface area contributed by atoms with Crippen LogP contribution in [0.1, 0.15) is 19.4 Å². The zero-order valence-corrected chi connectivity index (χ0v) is 9.14. The van der Waals surface area contributed by atoms with Crippen LogP contribution in [0.3, 0.4) is 0 Å². The predicted molar refractivity (Wildman–Crippen MR) is 54.0 cm³/mol. The summed E-state index contributed by atoms with van der Waals surface area (Å²) in [6.07, 6.45) is 3.66. The lowest BCUT2D eigenvalue weighted by Gasteiger charge is -2.24. The number of aromatic nitrogens is 1. The van der Waals surface area contributed by atoms with Crippen LogP contribution in [0.2, 0.25) is 0 Å². The van der Waals surface area contributed by atoms with E-state index in [0.717, 1.165) is 4.47 Å². The maximum absolute atomic E-state index is 4.11. The van der Waals surface area contributed by atoms with Crippen LogP contribution in [0.5, 0.6) is 0 Å². The van der Waals surface area contributed by atoms with Crippen molar-refractivity contribution in [2.45, 2.75) is 19.4 Å². The number of pyridine rings is 1. The number of nitrogens with zero attached hydrogens (tertiary/aromatic N) is 1. The van der Waals surface area contributed by atoms with Crippen LogP contribution in [0.15, 0.2) is 22.9 Å².